The van der Waals surface area contributed by atoms with Crippen LogP contribution in [0.15, 0.2) is 23.7 Å². The fraction of sp³-hybridized carbons (Fsp3) is 0.364. The van der Waals surface area contributed by atoms with Crippen LogP contribution in [0.1, 0.15) is 10.4 Å². The second-order valence-electron chi connectivity index (χ2n) is 3.52. The summed E-state index contributed by atoms with van der Waals surface area (Å²) in [5.41, 5.74) is 1.05. The van der Waals surface area contributed by atoms with E-state index in [2.05, 4.69) is 16.5 Å². The second-order valence-corrected chi connectivity index (χ2v) is 4.55. The molecular formula is C11H14FN3S. The van der Waals surface area contributed by atoms with Gasteiger partial charge in [-0.3, -0.25) is 0 Å². The lowest BCUT2D eigenvalue weighted by Gasteiger charge is -2.08. The maximum absolute atomic E-state index is 12.3. The van der Waals surface area contributed by atoms with Crippen LogP contribution in [0.2, 0.25) is 0 Å². The number of rotatable bonds is 5. The average Bonchev–Trinajstić information content (AvgIpc) is 2.88. The topological polar surface area (TPSA) is 29.9 Å². The minimum absolute atomic E-state index is 0.306. The molecule has 1 N–H and O–H groups in total. The molecule has 0 saturated carbocycles. The number of thiophene rings is 1. The van der Waals surface area contributed by atoms with E-state index in [9.17, 15) is 4.39 Å². The highest BCUT2D eigenvalue weighted by Crippen LogP contribution is 2.16. The van der Waals surface area contributed by atoms with Crippen LogP contribution in [0.25, 0.3) is 0 Å². The Hall–Kier alpha value is -1.36. The molecule has 0 saturated heterocycles. The number of alkyl halides is 1. The molecule has 0 spiro atoms. The summed E-state index contributed by atoms with van der Waals surface area (Å²) in [7, 11) is 0. The van der Waals surface area contributed by atoms with Crippen molar-refractivity contribution >= 4 is 17.2 Å². The summed E-state index contributed by atoms with van der Waals surface area (Å²) < 4.78 is 14.0. The van der Waals surface area contributed by atoms with Gasteiger partial charge in [0.25, 0.3) is 0 Å². The molecule has 0 unspecified atom stereocenters. The number of aryl methyl sites for hydroxylation is 2. The molecule has 0 atom stereocenters. The van der Waals surface area contributed by atoms with E-state index >= 15 is 0 Å². The van der Waals surface area contributed by atoms with Crippen molar-refractivity contribution in [2.45, 2.75) is 20.0 Å². The quantitative estimate of drug-likeness (QED) is 0.869. The van der Waals surface area contributed by atoms with E-state index in [0.717, 1.165) is 17.9 Å². The van der Waals surface area contributed by atoms with Crippen LogP contribution in [0.3, 0.4) is 0 Å². The molecule has 0 radical (unpaired) electrons. The minimum Gasteiger partial charge on any atom is -0.365 e. The van der Waals surface area contributed by atoms with Crippen LogP contribution >= 0.6 is 11.3 Å². The van der Waals surface area contributed by atoms with Gasteiger partial charge in [0.2, 0.25) is 0 Å². The summed E-state index contributed by atoms with van der Waals surface area (Å²) >= 11 is 1.70. The van der Waals surface area contributed by atoms with Crippen molar-refractivity contribution in [1.29, 1.82) is 0 Å². The first-order valence-electron chi connectivity index (χ1n) is 5.16. The summed E-state index contributed by atoms with van der Waals surface area (Å²) in [6.45, 7) is 2.64. The zero-order valence-corrected chi connectivity index (χ0v) is 9.93. The van der Waals surface area contributed by atoms with Gasteiger partial charge in [-0.05, 0) is 18.4 Å². The highest BCUT2D eigenvalue weighted by atomic mass is 32.1. The van der Waals surface area contributed by atoms with Gasteiger partial charge < -0.3 is 5.32 Å². The number of hydrogen-bond donors (Lipinski definition) is 1. The molecule has 2 aromatic heterocycles. The Kier molecular flexibility index (Phi) is 3.56. The first-order valence-corrected chi connectivity index (χ1v) is 6.04. The van der Waals surface area contributed by atoms with Crippen LogP contribution in [0.4, 0.5) is 10.2 Å². The summed E-state index contributed by atoms with van der Waals surface area (Å²) in [5, 5.41) is 9.46. The Morgan fingerprint density at radius 3 is 3.12 bits per heavy atom. The van der Waals surface area contributed by atoms with E-state index < -0.39 is 6.67 Å². The molecule has 0 fully saturated rings. The van der Waals surface area contributed by atoms with E-state index in [1.807, 2.05) is 18.4 Å². The van der Waals surface area contributed by atoms with Crippen molar-refractivity contribution in [2.24, 2.45) is 0 Å². The summed E-state index contributed by atoms with van der Waals surface area (Å²) in [6, 6.07) is 4.09. The third kappa shape index (κ3) is 2.41. The first-order chi connectivity index (χ1) is 7.81. The van der Waals surface area contributed by atoms with Gasteiger partial charge in [-0.2, -0.15) is 5.10 Å². The van der Waals surface area contributed by atoms with Crippen molar-refractivity contribution in [3.63, 3.8) is 0 Å². The van der Waals surface area contributed by atoms with Crippen molar-refractivity contribution < 1.29 is 4.39 Å². The second kappa shape index (κ2) is 5.12. The Morgan fingerprint density at radius 1 is 1.56 bits per heavy atom. The van der Waals surface area contributed by atoms with E-state index in [1.54, 1.807) is 22.2 Å². The molecule has 0 aliphatic rings. The maximum atomic E-state index is 12.3. The monoisotopic (exact) mass is 239 g/mol. The maximum Gasteiger partial charge on any atom is 0.127 e. The predicted molar refractivity (Wildman–Crippen MR) is 64.6 cm³/mol. The van der Waals surface area contributed by atoms with Crippen molar-refractivity contribution in [3.8, 4) is 0 Å². The molecule has 5 heteroatoms. The molecule has 2 heterocycles. The number of halogens is 1. The number of nitrogens with one attached hydrogen (secondary N) is 1. The van der Waals surface area contributed by atoms with Crippen molar-refractivity contribution in [2.75, 3.05) is 12.0 Å². The van der Waals surface area contributed by atoms with Gasteiger partial charge in [0.1, 0.15) is 12.5 Å². The van der Waals surface area contributed by atoms with Crippen LogP contribution in [-0.4, -0.2) is 16.5 Å². The van der Waals surface area contributed by atoms with Gasteiger partial charge in [0.05, 0.1) is 19.3 Å². The molecule has 0 aliphatic carbocycles. The van der Waals surface area contributed by atoms with Crippen LogP contribution in [0.5, 0.6) is 0 Å². The van der Waals surface area contributed by atoms with Crippen molar-refractivity contribution in [1.82, 2.24) is 9.78 Å². The molecule has 86 valence electrons. The van der Waals surface area contributed by atoms with E-state index in [-0.39, 0.29) is 0 Å². The molecule has 0 bridgehead atoms. The zero-order valence-electron chi connectivity index (χ0n) is 9.11. The molecule has 0 aliphatic heterocycles. The van der Waals surface area contributed by atoms with E-state index in [1.165, 1.54) is 4.88 Å². The Morgan fingerprint density at radius 2 is 2.44 bits per heavy atom. The Balaban J connectivity index is 2.05. The van der Waals surface area contributed by atoms with Crippen LogP contribution < -0.4 is 5.32 Å². The van der Waals surface area contributed by atoms with E-state index in [0.29, 0.717) is 6.54 Å². The number of nitrogens with zero attached hydrogens (tertiary/aromatic N) is 2. The fourth-order valence-corrected chi connectivity index (χ4v) is 2.19. The van der Waals surface area contributed by atoms with Crippen LogP contribution in [-0.2, 0) is 13.1 Å². The Bertz CT molecular complexity index is 436. The average molecular weight is 239 g/mol. The van der Waals surface area contributed by atoms with Gasteiger partial charge in [0, 0.05) is 10.4 Å². The first kappa shape index (κ1) is 11.1. The molecule has 2 rings (SSSR count). The third-order valence-electron chi connectivity index (χ3n) is 2.33. The zero-order chi connectivity index (χ0) is 11.4. The smallest absolute Gasteiger partial charge is 0.127 e. The predicted octanol–water partition coefficient (Wildman–Crippen LogP) is 2.83. The van der Waals surface area contributed by atoms with Gasteiger partial charge in [-0.15, -0.1) is 11.3 Å². The summed E-state index contributed by atoms with van der Waals surface area (Å²) in [4.78, 5) is 1.26. The van der Waals surface area contributed by atoms with E-state index in [4.69, 9.17) is 0 Å². The summed E-state index contributed by atoms with van der Waals surface area (Å²) in [6.07, 6.45) is 1.76. The fourth-order valence-electron chi connectivity index (χ4n) is 1.54. The number of aromatic nitrogens is 2. The van der Waals surface area contributed by atoms with Crippen LogP contribution in [0, 0.1) is 6.92 Å². The van der Waals surface area contributed by atoms with Gasteiger partial charge in [0.15, 0.2) is 0 Å². The minimum atomic E-state index is -0.394. The number of hydrogen-bond acceptors (Lipinski definition) is 3. The van der Waals surface area contributed by atoms with Crippen molar-refractivity contribution in [3.05, 3.63) is 34.2 Å². The molecule has 3 nitrogen and oxygen atoms in total. The lowest BCUT2D eigenvalue weighted by molar-refractivity contribution is 0.429. The SMILES string of the molecule is Cc1cnn(CCF)c1NCc1cccs1. The molecular weight excluding hydrogens is 225 g/mol. The normalized spacial score (nSPS) is 10.6. The molecule has 16 heavy (non-hydrogen) atoms. The highest BCUT2D eigenvalue weighted by Gasteiger charge is 2.06. The third-order valence-corrected chi connectivity index (χ3v) is 3.21. The molecule has 2 aromatic rings. The largest absolute Gasteiger partial charge is 0.365 e. The lowest BCUT2D eigenvalue weighted by atomic mass is 10.3. The van der Waals surface area contributed by atoms with Gasteiger partial charge in [-0.25, -0.2) is 9.07 Å². The van der Waals surface area contributed by atoms with Gasteiger partial charge >= 0.3 is 0 Å². The lowest BCUT2D eigenvalue weighted by Crippen LogP contribution is -2.09. The standard InChI is InChI=1S/C11H14FN3S/c1-9-7-14-15(5-4-12)11(9)13-8-10-3-2-6-16-10/h2-3,6-7,13H,4-5,8H2,1H3. The number of anilines is 1. The molecule has 0 aromatic carbocycles. The highest BCUT2D eigenvalue weighted by molar-refractivity contribution is 7.09. The Labute approximate surface area is 97.9 Å². The van der Waals surface area contributed by atoms with Gasteiger partial charge in [-0.1, -0.05) is 6.07 Å². The summed E-state index contributed by atoms with van der Waals surface area (Å²) in [5.74, 6) is 0.908. The molecule has 0 amide bonds.